The number of aliphatic hydroxyl groups excluding tert-OH is 1. The molecule has 0 aromatic rings. The molecule has 0 aromatic carbocycles. The fourth-order valence-electron chi connectivity index (χ4n) is 3.12. The van der Waals surface area contributed by atoms with Crippen molar-refractivity contribution in [1.29, 1.82) is 0 Å². The monoisotopic (exact) mass is 299 g/mol. The van der Waals surface area contributed by atoms with Gasteiger partial charge < -0.3 is 20.0 Å². The van der Waals surface area contributed by atoms with Gasteiger partial charge in [0.2, 0.25) is 0 Å². The molecule has 0 spiro atoms. The maximum Gasteiger partial charge on any atom is 0.320 e. The topological polar surface area (TPSA) is 84.3 Å². The molecule has 2 N–H and O–H groups in total. The Bertz CT molecular complexity index is 382. The standard InChI is InChI=1S/C14H25N3O4/c1-11-2-5-17(12(11)10-18)14(21)16-8-6-15(7-9-16)4-3-13(19)20/h11-12,18H,2-10H2,1H3,(H,19,20). The van der Waals surface area contributed by atoms with Crippen LogP contribution < -0.4 is 0 Å². The maximum absolute atomic E-state index is 12.5. The van der Waals surface area contributed by atoms with Gasteiger partial charge in [-0.05, 0) is 12.3 Å². The van der Waals surface area contributed by atoms with Gasteiger partial charge in [-0.15, -0.1) is 0 Å². The van der Waals surface area contributed by atoms with Crippen LogP contribution in [-0.2, 0) is 4.79 Å². The summed E-state index contributed by atoms with van der Waals surface area (Å²) < 4.78 is 0. The summed E-state index contributed by atoms with van der Waals surface area (Å²) in [6.07, 6.45) is 1.08. The number of nitrogens with zero attached hydrogens (tertiary/aromatic N) is 3. The summed E-state index contributed by atoms with van der Waals surface area (Å²) >= 11 is 0. The van der Waals surface area contributed by atoms with E-state index in [-0.39, 0.29) is 25.1 Å². The molecule has 0 aliphatic carbocycles. The van der Waals surface area contributed by atoms with E-state index in [0.717, 1.165) is 6.42 Å². The molecule has 0 radical (unpaired) electrons. The first kappa shape index (κ1) is 16.0. The summed E-state index contributed by atoms with van der Waals surface area (Å²) in [5.74, 6) is -0.443. The van der Waals surface area contributed by atoms with E-state index in [1.54, 1.807) is 4.90 Å². The molecule has 2 rings (SSSR count). The fraction of sp³-hybridized carbons (Fsp3) is 0.857. The number of carboxylic acids is 1. The molecule has 2 unspecified atom stereocenters. The van der Waals surface area contributed by atoms with Crippen molar-refractivity contribution in [3.8, 4) is 0 Å². The number of carbonyl (C=O) groups is 2. The van der Waals surface area contributed by atoms with Gasteiger partial charge >= 0.3 is 12.0 Å². The molecule has 2 aliphatic rings. The van der Waals surface area contributed by atoms with Crippen molar-refractivity contribution in [2.75, 3.05) is 45.9 Å². The van der Waals surface area contributed by atoms with Crippen molar-refractivity contribution in [3.05, 3.63) is 0 Å². The van der Waals surface area contributed by atoms with Crippen LogP contribution in [0.2, 0.25) is 0 Å². The van der Waals surface area contributed by atoms with Gasteiger partial charge in [0.15, 0.2) is 0 Å². The lowest BCUT2D eigenvalue weighted by atomic mass is 10.0. The van der Waals surface area contributed by atoms with Crippen molar-refractivity contribution in [3.63, 3.8) is 0 Å². The Balaban J connectivity index is 1.82. The predicted octanol–water partition coefficient (Wildman–Crippen LogP) is -0.0986. The zero-order valence-electron chi connectivity index (χ0n) is 12.6. The Morgan fingerprint density at radius 3 is 2.38 bits per heavy atom. The molecule has 7 nitrogen and oxygen atoms in total. The minimum Gasteiger partial charge on any atom is -0.481 e. The van der Waals surface area contributed by atoms with Gasteiger partial charge in [-0.3, -0.25) is 9.69 Å². The maximum atomic E-state index is 12.5. The summed E-state index contributed by atoms with van der Waals surface area (Å²) in [5.41, 5.74) is 0. The minimum absolute atomic E-state index is 0.0104. The minimum atomic E-state index is -0.787. The number of urea groups is 1. The zero-order valence-corrected chi connectivity index (χ0v) is 12.6. The van der Waals surface area contributed by atoms with Gasteiger partial charge in [0, 0.05) is 39.3 Å². The third kappa shape index (κ3) is 3.85. The van der Waals surface area contributed by atoms with Crippen molar-refractivity contribution in [2.24, 2.45) is 5.92 Å². The second kappa shape index (κ2) is 7.09. The van der Waals surface area contributed by atoms with E-state index < -0.39 is 5.97 Å². The second-order valence-corrected chi connectivity index (χ2v) is 5.96. The van der Waals surface area contributed by atoms with E-state index in [1.165, 1.54) is 0 Å². The van der Waals surface area contributed by atoms with Crippen LogP contribution in [0.15, 0.2) is 0 Å². The summed E-state index contributed by atoms with van der Waals surface area (Å²) in [5, 5.41) is 18.1. The van der Waals surface area contributed by atoms with Gasteiger partial charge in [-0.2, -0.15) is 0 Å². The average molecular weight is 299 g/mol. The van der Waals surface area contributed by atoms with Crippen LogP contribution in [0.25, 0.3) is 0 Å². The number of aliphatic carboxylic acids is 1. The van der Waals surface area contributed by atoms with E-state index in [4.69, 9.17) is 5.11 Å². The molecule has 2 aliphatic heterocycles. The Labute approximate surface area is 125 Å². The Morgan fingerprint density at radius 1 is 1.14 bits per heavy atom. The van der Waals surface area contributed by atoms with Gasteiger partial charge in [0.1, 0.15) is 0 Å². The zero-order chi connectivity index (χ0) is 15.4. The molecule has 0 aromatic heterocycles. The highest BCUT2D eigenvalue weighted by molar-refractivity contribution is 5.75. The van der Waals surface area contributed by atoms with E-state index >= 15 is 0 Å². The number of likely N-dealkylation sites (tertiary alicyclic amines) is 1. The van der Waals surface area contributed by atoms with Crippen LogP contribution in [-0.4, -0.2) is 88.8 Å². The summed E-state index contributed by atoms with van der Waals surface area (Å²) in [6, 6.07) is -0.0566. The van der Waals surface area contributed by atoms with E-state index in [1.807, 2.05) is 4.90 Å². The molecule has 120 valence electrons. The third-order valence-corrected chi connectivity index (χ3v) is 4.60. The van der Waals surface area contributed by atoms with Crippen molar-refractivity contribution in [1.82, 2.24) is 14.7 Å². The highest BCUT2D eigenvalue weighted by atomic mass is 16.4. The molecular formula is C14H25N3O4. The SMILES string of the molecule is CC1CCN(C(=O)N2CCN(CCC(=O)O)CC2)C1CO. The second-order valence-electron chi connectivity index (χ2n) is 5.96. The molecule has 2 amide bonds. The van der Waals surface area contributed by atoms with Crippen molar-refractivity contribution in [2.45, 2.75) is 25.8 Å². The van der Waals surface area contributed by atoms with Gasteiger partial charge in [-0.25, -0.2) is 4.79 Å². The lowest BCUT2D eigenvalue weighted by molar-refractivity contribution is -0.137. The first-order valence-corrected chi connectivity index (χ1v) is 7.63. The smallest absolute Gasteiger partial charge is 0.320 e. The van der Waals surface area contributed by atoms with E-state index in [0.29, 0.717) is 45.2 Å². The predicted molar refractivity (Wildman–Crippen MR) is 77.0 cm³/mol. The molecule has 0 saturated carbocycles. The molecule has 21 heavy (non-hydrogen) atoms. The summed E-state index contributed by atoms with van der Waals surface area (Å²) in [6.45, 7) is 6.02. The molecule has 2 fully saturated rings. The van der Waals surface area contributed by atoms with Crippen molar-refractivity contribution >= 4 is 12.0 Å². The lowest BCUT2D eigenvalue weighted by Gasteiger charge is -2.38. The quantitative estimate of drug-likeness (QED) is 0.757. The average Bonchev–Trinajstić information content (AvgIpc) is 2.85. The summed E-state index contributed by atoms with van der Waals surface area (Å²) in [7, 11) is 0. The van der Waals surface area contributed by atoms with Gasteiger partial charge in [-0.1, -0.05) is 6.92 Å². The van der Waals surface area contributed by atoms with Crippen molar-refractivity contribution < 1.29 is 19.8 Å². The van der Waals surface area contributed by atoms with Crippen LogP contribution >= 0.6 is 0 Å². The number of hydrogen-bond donors (Lipinski definition) is 2. The first-order valence-electron chi connectivity index (χ1n) is 7.63. The van der Waals surface area contributed by atoms with Crippen LogP contribution in [0.5, 0.6) is 0 Å². The first-order chi connectivity index (χ1) is 10.0. The largest absolute Gasteiger partial charge is 0.481 e. The van der Waals surface area contributed by atoms with Crippen LogP contribution in [0.1, 0.15) is 19.8 Å². The third-order valence-electron chi connectivity index (χ3n) is 4.60. The molecule has 0 bridgehead atoms. The Morgan fingerprint density at radius 2 is 1.81 bits per heavy atom. The highest BCUT2D eigenvalue weighted by Crippen LogP contribution is 2.25. The van der Waals surface area contributed by atoms with Crippen LogP contribution in [0.3, 0.4) is 0 Å². The molecular weight excluding hydrogens is 274 g/mol. The van der Waals surface area contributed by atoms with Crippen LogP contribution in [0, 0.1) is 5.92 Å². The highest BCUT2D eigenvalue weighted by Gasteiger charge is 2.36. The fourth-order valence-corrected chi connectivity index (χ4v) is 3.12. The van der Waals surface area contributed by atoms with E-state index in [9.17, 15) is 14.7 Å². The molecule has 2 heterocycles. The number of hydrogen-bond acceptors (Lipinski definition) is 4. The Hall–Kier alpha value is -1.34. The number of aliphatic hydroxyl groups is 1. The number of carboxylic acid groups (broad SMARTS) is 1. The summed E-state index contributed by atoms with van der Waals surface area (Å²) in [4.78, 5) is 28.8. The number of piperazine rings is 1. The molecule has 2 saturated heterocycles. The molecule has 2 atom stereocenters. The number of carbonyl (C=O) groups excluding carboxylic acids is 1. The number of rotatable bonds is 4. The van der Waals surface area contributed by atoms with Gasteiger partial charge in [0.05, 0.1) is 19.1 Å². The lowest BCUT2D eigenvalue weighted by Crippen LogP contribution is -2.54. The Kier molecular flexibility index (Phi) is 5.41. The normalized spacial score (nSPS) is 27.1. The van der Waals surface area contributed by atoms with Crippen LogP contribution in [0.4, 0.5) is 4.79 Å². The molecule has 7 heteroatoms. The van der Waals surface area contributed by atoms with E-state index in [2.05, 4.69) is 11.8 Å². The number of amides is 2. The van der Waals surface area contributed by atoms with Gasteiger partial charge in [0.25, 0.3) is 0 Å².